The van der Waals surface area contributed by atoms with Crippen LogP contribution >= 0.6 is 0 Å². The van der Waals surface area contributed by atoms with Crippen LogP contribution in [-0.2, 0) is 0 Å². The third-order valence-corrected chi connectivity index (χ3v) is 4.35. The van der Waals surface area contributed by atoms with E-state index in [1.807, 2.05) is 4.90 Å². The molecule has 22 heavy (non-hydrogen) atoms. The first kappa shape index (κ1) is 17.0. The summed E-state index contributed by atoms with van der Waals surface area (Å²) in [5.74, 6) is 0.347. The van der Waals surface area contributed by atoms with Gasteiger partial charge in [0.25, 0.3) is 0 Å². The molecule has 124 valence electrons. The van der Waals surface area contributed by atoms with Crippen LogP contribution in [0.4, 0.5) is 0 Å². The second-order valence-corrected chi connectivity index (χ2v) is 5.70. The minimum atomic E-state index is -1.02. The molecule has 0 saturated carbocycles. The van der Waals surface area contributed by atoms with E-state index in [1.165, 1.54) is 13.2 Å². The summed E-state index contributed by atoms with van der Waals surface area (Å²) < 4.78 is 5.03. The molecule has 1 aliphatic rings. The standard InChI is InChI=1S/C16H25NO5/c1-3-4-7-17-11(9-18)15(20)16(21)14(17)10-5-6-13(22-2)12(19)8-10/h5-6,8,11,14-16,18-21H,3-4,7,9H2,1-2H3/t11-,14-,15-,16-/m1/s1. The average molecular weight is 311 g/mol. The van der Waals surface area contributed by atoms with Gasteiger partial charge >= 0.3 is 0 Å². The Morgan fingerprint density at radius 3 is 2.50 bits per heavy atom. The maximum Gasteiger partial charge on any atom is 0.160 e. The number of aliphatic hydroxyl groups is 3. The Hall–Kier alpha value is -1.34. The van der Waals surface area contributed by atoms with Gasteiger partial charge in [0.15, 0.2) is 11.5 Å². The van der Waals surface area contributed by atoms with E-state index in [1.54, 1.807) is 12.1 Å². The van der Waals surface area contributed by atoms with Crippen LogP contribution < -0.4 is 4.74 Å². The highest BCUT2D eigenvalue weighted by molar-refractivity contribution is 5.43. The summed E-state index contributed by atoms with van der Waals surface area (Å²) in [5.41, 5.74) is 0.692. The van der Waals surface area contributed by atoms with Gasteiger partial charge < -0.3 is 25.2 Å². The summed E-state index contributed by atoms with van der Waals surface area (Å²) in [4.78, 5) is 1.92. The molecule has 0 amide bonds. The van der Waals surface area contributed by atoms with Gasteiger partial charge in [-0.15, -0.1) is 0 Å². The summed E-state index contributed by atoms with van der Waals surface area (Å²) in [7, 11) is 1.47. The first-order valence-electron chi connectivity index (χ1n) is 7.64. The maximum absolute atomic E-state index is 10.4. The quantitative estimate of drug-likeness (QED) is 0.616. The van der Waals surface area contributed by atoms with Gasteiger partial charge in [0.1, 0.15) is 6.10 Å². The SMILES string of the molecule is CCCCN1[C@H](CO)[C@@H](O)[C@H](O)[C@H]1c1ccc(OC)c(O)c1. The Bertz CT molecular complexity index is 495. The molecule has 0 radical (unpaired) electrons. The van der Waals surface area contributed by atoms with Crippen molar-refractivity contribution in [1.82, 2.24) is 4.90 Å². The first-order chi connectivity index (χ1) is 10.5. The summed E-state index contributed by atoms with van der Waals surface area (Å²) in [6, 6.07) is 3.97. The third kappa shape index (κ3) is 3.05. The third-order valence-electron chi connectivity index (χ3n) is 4.35. The fourth-order valence-electron chi connectivity index (χ4n) is 3.15. The van der Waals surface area contributed by atoms with E-state index in [9.17, 15) is 20.4 Å². The number of aromatic hydroxyl groups is 1. The van der Waals surface area contributed by atoms with Gasteiger partial charge in [-0.1, -0.05) is 19.4 Å². The van der Waals surface area contributed by atoms with Gasteiger partial charge in [-0.25, -0.2) is 0 Å². The second kappa shape index (κ2) is 7.28. The molecule has 6 heteroatoms. The number of hydrogen-bond acceptors (Lipinski definition) is 6. The van der Waals surface area contributed by atoms with Crippen molar-refractivity contribution >= 4 is 0 Å². The number of unbranched alkanes of at least 4 members (excludes halogenated alkanes) is 1. The summed E-state index contributed by atoms with van der Waals surface area (Å²) in [6.07, 6.45) is -0.159. The average Bonchev–Trinajstić information content (AvgIpc) is 2.76. The number of hydrogen-bond donors (Lipinski definition) is 4. The van der Waals surface area contributed by atoms with Crippen molar-refractivity contribution in [3.8, 4) is 11.5 Å². The molecular formula is C16H25NO5. The van der Waals surface area contributed by atoms with E-state index in [4.69, 9.17) is 4.74 Å². The molecule has 0 aromatic heterocycles. The largest absolute Gasteiger partial charge is 0.504 e. The van der Waals surface area contributed by atoms with Crippen LogP contribution in [0.15, 0.2) is 18.2 Å². The van der Waals surface area contributed by atoms with Crippen molar-refractivity contribution in [3.63, 3.8) is 0 Å². The fraction of sp³-hybridized carbons (Fsp3) is 0.625. The Morgan fingerprint density at radius 2 is 1.95 bits per heavy atom. The summed E-state index contributed by atoms with van der Waals surface area (Å²) in [6.45, 7) is 2.50. The minimum Gasteiger partial charge on any atom is -0.504 e. The number of likely N-dealkylation sites (tertiary alicyclic amines) is 1. The number of methoxy groups -OCH3 is 1. The lowest BCUT2D eigenvalue weighted by molar-refractivity contribution is 0.0178. The normalized spacial score (nSPS) is 29.0. The number of aliphatic hydroxyl groups excluding tert-OH is 3. The van der Waals surface area contributed by atoms with E-state index in [2.05, 4.69) is 6.92 Å². The molecule has 6 nitrogen and oxygen atoms in total. The van der Waals surface area contributed by atoms with Crippen molar-refractivity contribution in [2.24, 2.45) is 0 Å². The lowest BCUT2D eigenvalue weighted by Gasteiger charge is -2.30. The number of phenols is 1. The lowest BCUT2D eigenvalue weighted by Crippen LogP contribution is -2.39. The molecule has 0 spiro atoms. The molecule has 4 N–H and O–H groups in total. The topological polar surface area (TPSA) is 93.4 Å². The molecule has 1 heterocycles. The van der Waals surface area contributed by atoms with Gasteiger partial charge in [0.2, 0.25) is 0 Å². The van der Waals surface area contributed by atoms with Crippen LogP contribution in [0.25, 0.3) is 0 Å². The number of ether oxygens (including phenoxy) is 1. The highest BCUT2D eigenvalue weighted by Gasteiger charge is 2.47. The van der Waals surface area contributed by atoms with Crippen LogP contribution in [-0.4, -0.2) is 63.8 Å². The van der Waals surface area contributed by atoms with E-state index < -0.39 is 24.3 Å². The van der Waals surface area contributed by atoms with Crippen molar-refractivity contribution in [3.05, 3.63) is 23.8 Å². The molecule has 0 bridgehead atoms. The van der Waals surface area contributed by atoms with Crippen LogP contribution in [0.3, 0.4) is 0 Å². The molecule has 1 aromatic rings. The van der Waals surface area contributed by atoms with Crippen LogP contribution in [0, 0.1) is 0 Å². The molecule has 1 saturated heterocycles. The molecule has 1 aliphatic heterocycles. The zero-order valence-corrected chi connectivity index (χ0v) is 13.0. The van der Waals surface area contributed by atoms with Crippen LogP contribution in [0.1, 0.15) is 31.4 Å². The first-order valence-corrected chi connectivity index (χ1v) is 7.64. The molecular weight excluding hydrogens is 286 g/mol. The van der Waals surface area contributed by atoms with Crippen LogP contribution in [0.2, 0.25) is 0 Å². The number of rotatable bonds is 6. The summed E-state index contributed by atoms with van der Waals surface area (Å²) in [5, 5.41) is 40.1. The Labute approximate surface area is 130 Å². The molecule has 2 rings (SSSR count). The van der Waals surface area contributed by atoms with Gasteiger partial charge in [-0.2, -0.15) is 0 Å². The number of phenolic OH excluding ortho intramolecular Hbond substituents is 1. The summed E-state index contributed by atoms with van der Waals surface area (Å²) >= 11 is 0. The van der Waals surface area contributed by atoms with Gasteiger partial charge in [-0.05, 0) is 30.7 Å². The van der Waals surface area contributed by atoms with Crippen molar-refractivity contribution in [1.29, 1.82) is 0 Å². The van der Waals surface area contributed by atoms with E-state index in [0.29, 0.717) is 17.9 Å². The zero-order chi connectivity index (χ0) is 16.3. The molecule has 0 unspecified atom stereocenters. The molecule has 1 fully saturated rings. The van der Waals surface area contributed by atoms with Crippen molar-refractivity contribution in [2.45, 2.75) is 44.1 Å². The fourth-order valence-corrected chi connectivity index (χ4v) is 3.15. The molecule has 0 aliphatic carbocycles. The van der Waals surface area contributed by atoms with Gasteiger partial charge in [-0.3, -0.25) is 4.90 Å². The Balaban J connectivity index is 2.34. The highest BCUT2D eigenvalue weighted by Crippen LogP contribution is 2.39. The van der Waals surface area contributed by atoms with Gasteiger partial charge in [0, 0.05) is 0 Å². The predicted molar refractivity (Wildman–Crippen MR) is 81.9 cm³/mol. The van der Waals surface area contributed by atoms with Crippen molar-refractivity contribution < 1.29 is 25.2 Å². The predicted octanol–water partition coefficient (Wildman–Crippen LogP) is 0.640. The maximum atomic E-state index is 10.4. The lowest BCUT2D eigenvalue weighted by atomic mass is 10.00. The van der Waals surface area contributed by atoms with E-state index >= 15 is 0 Å². The Morgan fingerprint density at radius 1 is 1.23 bits per heavy atom. The molecule has 1 aromatic carbocycles. The minimum absolute atomic E-state index is 0.00965. The Kier molecular flexibility index (Phi) is 5.63. The van der Waals surface area contributed by atoms with E-state index in [-0.39, 0.29) is 12.4 Å². The highest BCUT2D eigenvalue weighted by atomic mass is 16.5. The monoisotopic (exact) mass is 311 g/mol. The number of nitrogens with zero attached hydrogens (tertiary/aromatic N) is 1. The van der Waals surface area contributed by atoms with Crippen LogP contribution in [0.5, 0.6) is 11.5 Å². The molecule has 4 atom stereocenters. The second-order valence-electron chi connectivity index (χ2n) is 5.70. The number of benzene rings is 1. The van der Waals surface area contributed by atoms with E-state index in [0.717, 1.165) is 12.8 Å². The van der Waals surface area contributed by atoms with Crippen molar-refractivity contribution in [2.75, 3.05) is 20.3 Å². The smallest absolute Gasteiger partial charge is 0.160 e. The zero-order valence-electron chi connectivity index (χ0n) is 13.0. The van der Waals surface area contributed by atoms with Gasteiger partial charge in [0.05, 0.1) is 31.9 Å².